The van der Waals surface area contributed by atoms with Gasteiger partial charge in [-0.2, -0.15) is 0 Å². The summed E-state index contributed by atoms with van der Waals surface area (Å²) in [5.41, 5.74) is 0. The molecule has 1 saturated carbocycles. The molecular formula is C12H14Cl3NO6. The minimum atomic E-state index is -1.74. The monoisotopic (exact) mass is 373 g/mol. The lowest BCUT2D eigenvalue weighted by Crippen LogP contribution is -2.34. The topological polar surface area (TPSA) is 104 Å². The normalized spacial score (nSPS) is 31.0. The molecule has 0 unspecified atom stereocenters. The lowest BCUT2D eigenvalue weighted by atomic mass is 9.90. The quantitative estimate of drug-likeness (QED) is 0.731. The molecule has 0 aromatic rings. The Morgan fingerprint density at radius 3 is 1.86 bits per heavy atom. The fraction of sp³-hybridized carbons (Fsp3) is 0.750. The molecule has 0 aromatic carbocycles. The molecule has 1 heterocycles. The average Bonchev–Trinajstić information content (AvgIpc) is 2.92. The van der Waals surface area contributed by atoms with Gasteiger partial charge < -0.3 is 19.8 Å². The maximum atomic E-state index is 11.9. The number of nitrogens with zero attached hydrogens (tertiary/aromatic N) is 1. The van der Waals surface area contributed by atoms with Crippen LogP contribution in [0.1, 0.15) is 6.42 Å². The fourth-order valence-corrected chi connectivity index (χ4v) is 3.44. The summed E-state index contributed by atoms with van der Waals surface area (Å²) in [4.78, 5) is 35.7. The highest BCUT2D eigenvalue weighted by Gasteiger charge is 2.54. The predicted octanol–water partition coefficient (Wildman–Crippen LogP) is 1.85. The van der Waals surface area contributed by atoms with E-state index in [1.165, 1.54) is 4.90 Å². The van der Waals surface area contributed by atoms with Crippen molar-refractivity contribution >= 4 is 52.8 Å². The van der Waals surface area contributed by atoms with Gasteiger partial charge in [-0.1, -0.05) is 34.8 Å². The molecule has 22 heavy (non-hydrogen) atoms. The zero-order valence-corrected chi connectivity index (χ0v) is 13.5. The highest BCUT2D eigenvalue weighted by Crippen LogP contribution is 2.46. The highest BCUT2D eigenvalue weighted by atomic mass is 35.6. The number of rotatable bonds is 3. The summed E-state index contributed by atoms with van der Waals surface area (Å²) in [6.45, 7) is -0.179. The smallest absolute Gasteiger partial charge is 0.409 e. The van der Waals surface area contributed by atoms with Crippen LogP contribution in [0.3, 0.4) is 0 Å². The van der Waals surface area contributed by atoms with E-state index in [9.17, 15) is 24.6 Å². The highest BCUT2D eigenvalue weighted by molar-refractivity contribution is 6.67. The minimum absolute atomic E-state index is 0.0804. The van der Waals surface area contributed by atoms with Crippen LogP contribution in [0, 0.1) is 23.7 Å². The zero-order valence-electron chi connectivity index (χ0n) is 11.2. The maximum Gasteiger partial charge on any atom is 0.409 e. The molecule has 2 N–H and O–H groups in total. The second-order valence-electron chi connectivity index (χ2n) is 5.53. The third-order valence-electron chi connectivity index (χ3n) is 4.21. The molecule has 0 spiro atoms. The summed E-state index contributed by atoms with van der Waals surface area (Å²) in [6.07, 6.45) is -0.661. The Labute approximate surface area is 141 Å². The van der Waals surface area contributed by atoms with Crippen molar-refractivity contribution in [2.75, 3.05) is 19.7 Å². The first-order valence-corrected chi connectivity index (χ1v) is 7.67. The number of carboxylic acids is 2. The molecule has 1 saturated heterocycles. The van der Waals surface area contributed by atoms with Crippen LogP contribution in [0.4, 0.5) is 4.79 Å². The molecule has 1 aliphatic carbocycles. The number of carbonyl (C=O) groups is 3. The van der Waals surface area contributed by atoms with E-state index < -0.39 is 52.1 Å². The fourth-order valence-electron chi connectivity index (χ4n) is 3.28. The summed E-state index contributed by atoms with van der Waals surface area (Å²) in [5, 5.41) is 18.4. The number of ether oxygens (including phenoxy) is 1. The molecule has 0 aromatic heterocycles. The second-order valence-corrected chi connectivity index (χ2v) is 8.04. The van der Waals surface area contributed by atoms with Crippen molar-refractivity contribution in [2.24, 2.45) is 23.7 Å². The van der Waals surface area contributed by atoms with Crippen LogP contribution in [0.2, 0.25) is 0 Å². The summed E-state index contributed by atoms with van der Waals surface area (Å²) in [5.74, 6) is -4.46. The van der Waals surface area contributed by atoms with Gasteiger partial charge >= 0.3 is 18.0 Å². The van der Waals surface area contributed by atoms with E-state index in [0.29, 0.717) is 0 Å². The van der Waals surface area contributed by atoms with E-state index in [1.54, 1.807) is 0 Å². The van der Waals surface area contributed by atoms with Crippen molar-refractivity contribution in [3.05, 3.63) is 0 Å². The lowest BCUT2D eigenvalue weighted by molar-refractivity contribution is -0.144. The van der Waals surface area contributed by atoms with E-state index >= 15 is 0 Å². The Balaban J connectivity index is 2.04. The first-order valence-electron chi connectivity index (χ1n) is 6.54. The number of amides is 1. The third kappa shape index (κ3) is 3.70. The number of hydrogen-bond acceptors (Lipinski definition) is 4. The van der Waals surface area contributed by atoms with Crippen LogP contribution in [0.25, 0.3) is 0 Å². The van der Waals surface area contributed by atoms with Gasteiger partial charge in [-0.05, 0) is 18.3 Å². The first kappa shape index (κ1) is 17.4. The molecule has 1 amide bonds. The van der Waals surface area contributed by atoms with Crippen molar-refractivity contribution in [2.45, 2.75) is 10.2 Å². The molecule has 10 heteroatoms. The van der Waals surface area contributed by atoms with Crippen molar-refractivity contribution < 1.29 is 29.3 Å². The predicted molar refractivity (Wildman–Crippen MR) is 77.1 cm³/mol. The van der Waals surface area contributed by atoms with Crippen LogP contribution in [0.15, 0.2) is 0 Å². The Morgan fingerprint density at radius 2 is 1.50 bits per heavy atom. The van der Waals surface area contributed by atoms with Crippen LogP contribution >= 0.6 is 34.8 Å². The number of halogens is 3. The van der Waals surface area contributed by atoms with E-state index in [2.05, 4.69) is 0 Å². The van der Waals surface area contributed by atoms with Gasteiger partial charge in [-0.25, -0.2) is 4.79 Å². The zero-order chi connectivity index (χ0) is 16.7. The lowest BCUT2D eigenvalue weighted by Gasteiger charge is -2.20. The average molecular weight is 375 g/mol. The van der Waals surface area contributed by atoms with E-state index in [4.69, 9.17) is 39.5 Å². The molecule has 1 aliphatic heterocycles. The largest absolute Gasteiger partial charge is 0.481 e. The van der Waals surface area contributed by atoms with E-state index in [0.717, 1.165) is 0 Å². The van der Waals surface area contributed by atoms with Gasteiger partial charge in [-0.15, -0.1) is 0 Å². The molecule has 2 aliphatic rings. The van der Waals surface area contributed by atoms with Crippen LogP contribution < -0.4 is 0 Å². The number of hydrogen-bond donors (Lipinski definition) is 2. The minimum Gasteiger partial charge on any atom is -0.481 e. The van der Waals surface area contributed by atoms with Crippen LogP contribution in [-0.2, 0) is 14.3 Å². The SMILES string of the molecule is O=C(O)[C@H]1C[C@@H](C(=O)O)[C@H]2CN(C(=O)OCC(Cl)(Cl)Cl)C[C@H]21. The van der Waals surface area contributed by atoms with Gasteiger partial charge in [0.05, 0.1) is 11.8 Å². The van der Waals surface area contributed by atoms with Gasteiger partial charge in [0.25, 0.3) is 0 Å². The molecule has 7 nitrogen and oxygen atoms in total. The Kier molecular flexibility index (Phi) is 4.99. The Hall–Kier alpha value is -0.920. The first-order chi connectivity index (χ1) is 10.1. The van der Waals surface area contributed by atoms with Gasteiger partial charge in [0.1, 0.15) is 6.61 Å². The number of aliphatic carboxylic acids is 2. The van der Waals surface area contributed by atoms with Gasteiger partial charge in [0.2, 0.25) is 3.79 Å². The maximum absolute atomic E-state index is 11.9. The summed E-state index contributed by atoms with van der Waals surface area (Å²) in [7, 11) is 0. The molecule has 4 atom stereocenters. The molecule has 2 rings (SSSR count). The summed E-state index contributed by atoms with van der Waals surface area (Å²) < 4.78 is 3.11. The Bertz CT molecular complexity index is 466. The van der Waals surface area contributed by atoms with Crippen molar-refractivity contribution in [1.82, 2.24) is 4.90 Å². The van der Waals surface area contributed by atoms with Gasteiger partial charge in [0, 0.05) is 13.1 Å². The standard InChI is InChI=1S/C12H14Cl3NO6/c13-12(14,15)4-22-11(21)16-2-7-5(9(17)18)1-6(10(19)20)8(7)3-16/h5-8H,1-4H2,(H,17,18)(H,19,20)/t5-,6+,7-,8+. The summed E-state index contributed by atoms with van der Waals surface area (Å²) >= 11 is 16.5. The number of fused-ring (bicyclic) bond motifs is 1. The van der Waals surface area contributed by atoms with Crippen LogP contribution in [-0.4, -0.2) is 56.6 Å². The molecule has 2 fully saturated rings. The third-order valence-corrected chi connectivity index (χ3v) is 4.53. The number of likely N-dealkylation sites (tertiary alicyclic amines) is 1. The van der Waals surface area contributed by atoms with E-state index in [1.807, 2.05) is 0 Å². The van der Waals surface area contributed by atoms with Gasteiger partial charge in [-0.3, -0.25) is 9.59 Å². The molecular weight excluding hydrogens is 360 g/mol. The van der Waals surface area contributed by atoms with Crippen molar-refractivity contribution in [3.63, 3.8) is 0 Å². The second kappa shape index (κ2) is 6.29. The number of carboxylic acid groups (broad SMARTS) is 2. The Morgan fingerprint density at radius 1 is 1.05 bits per heavy atom. The van der Waals surface area contributed by atoms with Crippen LogP contribution in [0.5, 0.6) is 0 Å². The molecule has 0 bridgehead atoms. The number of carbonyl (C=O) groups excluding carboxylic acids is 1. The van der Waals surface area contributed by atoms with Crippen molar-refractivity contribution in [1.29, 1.82) is 0 Å². The van der Waals surface area contributed by atoms with E-state index in [-0.39, 0.29) is 19.5 Å². The van der Waals surface area contributed by atoms with Crippen molar-refractivity contribution in [3.8, 4) is 0 Å². The molecule has 124 valence electrons. The summed E-state index contributed by atoms with van der Waals surface area (Å²) in [6, 6.07) is 0. The number of alkyl halides is 3. The molecule has 0 radical (unpaired) electrons. The van der Waals surface area contributed by atoms with Gasteiger partial charge in [0.15, 0.2) is 0 Å².